The molecule has 0 unspecified atom stereocenters. The second kappa shape index (κ2) is 14.1. The number of hydrogen-bond acceptors (Lipinski definition) is 0. The predicted octanol–water partition coefficient (Wildman–Crippen LogP) is 10.9. The molecule has 20 heteroatoms. The summed E-state index contributed by atoms with van der Waals surface area (Å²) in [6, 6.07) is 0. The lowest BCUT2D eigenvalue weighted by atomic mass is 9.63. The van der Waals surface area contributed by atoms with Crippen LogP contribution in [0.5, 0.6) is 0 Å². The van der Waals surface area contributed by atoms with Crippen LogP contribution in [0.4, 0.5) is 87.8 Å². The van der Waals surface area contributed by atoms with Gasteiger partial charge in [-0.2, -0.15) is 0 Å². The van der Waals surface area contributed by atoms with Gasteiger partial charge in [-0.25, -0.2) is 87.8 Å². The molecule has 0 nitrogen and oxygen atoms in total. The molecule has 0 spiro atoms. The maximum absolute atomic E-state index is 15.3. The van der Waals surface area contributed by atoms with Crippen LogP contribution in [0.3, 0.4) is 0 Å². The first kappa shape index (κ1) is 38.7. The number of halogens is 20. The van der Waals surface area contributed by atoms with Crippen molar-refractivity contribution < 1.29 is 87.8 Å². The Balaban J connectivity index is 0.00000376. The average molecular weight is 712 g/mol. The quantitative estimate of drug-likeness (QED) is 0.0785. The van der Waals surface area contributed by atoms with Crippen LogP contribution in [0.1, 0.15) is 30.5 Å². The van der Waals surface area contributed by atoms with Crippen molar-refractivity contribution in [1.82, 2.24) is 0 Å². The van der Waals surface area contributed by atoms with Crippen molar-refractivity contribution in [2.45, 2.75) is 19.3 Å². The predicted molar refractivity (Wildman–Crippen MR) is 119 cm³/mol. The molecular weight excluding hydrogens is 704 g/mol. The van der Waals surface area contributed by atoms with Gasteiger partial charge in [0.1, 0.15) is 6.33 Å². The van der Waals surface area contributed by atoms with Gasteiger partial charge < -0.3 is 0 Å². The molecule has 0 fully saturated rings. The van der Waals surface area contributed by atoms with Crippen molar-refractivity contribution >= 4 is 0 Å². The fourth-order valence-corrected chi connectivity index (χ4v) is 4.15. The van der Waals surface area contributed by atoms with E-state index in [1.165, 1.54) is 0 Å². The van der Waals surface area contributed by atoms with Crippen molar-refractivity contribution in [3.05, 3.63) is 140 Å². The van der Waals surface area contributed by atoms with Crippen LogP contribution in [0.2, 0.25) is 0 Å². The van der Waals surface area contributed by atoms with Gasteiger partial charge in [-0.3, -0.25) is 0 Å². The Kier molecular flexibility index (Phi) is 11.6. The third-order valence-corrected chi connectivity index (χ3v) is 6.00. The van der Waals surface area contributed by atoms with Gasteiger partial charge in [0.15, 0.2) is 87.3 Å². The standard InChI is InChI=1S/C25H2F20.C2H6/c26-1-3(8(29)9(30)4(28)2-27)25(5-10(31)16(37)22(43)17(38)11(5)32,6-12(33)18(39)23(44)19(40)13(6)34)7-14(35)20(41)24(45)21(42)15(7)36;1-2/h1-2H;1-2H3/b3-1-,4-2-,9-8-;. The molecule has 0 aromatic heterocycles. The summed E-state index contributed by atoms with van der Waals surface area (Å²) in [6.45, 7) is 4.00. The monoisotopic (exact) mass is 712 g/mol. The van der Waals surface area contributed by atoms with Crippen molar-refractivity contribution in [3.63, 3.8) is 0 Å². The van der Waals surface area contributed by atoms with Gasteiger partial charge in [-0.15, -0.1) is 0 Å². The highest BCUT2D eigenvalue weighted by molar-refractivity contribution is 5.65. The van der Waals surface area contributed by atoms with E-state index in [1.807, 2.05) is 13.8 Å². The first-order valence-corrected chi connectivity index (χ1v) is 11.7. The van der Waals surface area contributed by atoms with Gasteiger partial charge in [0.05, 0.1) is 11.7 Å². The molecule has 256 valence electrons. The largest absolute Gasteiger partial charge is 0.215 e. The summed E-state index contributed by atoms with van der Waals surface area (Å²) in [5.74, 6) is -64.1. The first-order valence-electron chi connectivity index (χ1n) is 11.7. The zero-order valence-electron chi connectivity index (χ0n) is 22.2. The van der Waals surface area contributed by atoms with E-state index >= 15 is 30.7 Å². The van der Waals surface area contributed by atoms with E-state index in [0.717, 1.165) is 0 Å². The summed E-state index contributed by atoms with van der Waals surface area (Å²) in [7, 11) is 0. The minimum atomic E-state index is -6.00. The van der Waals surface area contributed by atoms with Gasteiger partial charge in [-0.05, 0) is 0 Å². The molecule has 0 heterocycles. The van der Waals surface area contributed by atoms with Gasteiger partial charge in [0, 0.05) is 22.3 Å². The third-order valence-electron chi connectivity index (χ3n) is 6.00. The highest BCUT2D eigenvalue weighted by Crippen LogP contribution is 2.55. The Labute approximate surface area is 247 Å². The van der Waals surface area contributed by atoms with Crippen LogP contribution < -0.4 is 0 Å². The molecule has 0 saturated carbocycles. The van der Waals surface area contributed by atoms with Crippen molar-refractivity contribution in [1.29, 1.82) is 0 Å². The smallest absolute Gasteiger partial charge is 0.200 e. The number of benzene rings is 3. The van der Waals surface area contributed by atoms with Crippen LogP contribution >= 0.6 is 0 Å². The van der Waals surface area contributed by atoms with Crippen LogP contribution in [0, 0.1) is 87.3 Å². The summed E-state index contributed by atoms with van der Waals surface area (Å²) in [4.78, 5) is 0. The zero-order chi connectivity index (χ0) is 36.6. The lowest BCUT2D eigenvalue weighted by Gasteiger charge is -2.38. The molecule has 3 aromatic carbocycles. The van der Waals surface area contributed by atoms with E-state index in [1.54, 1.807) is 0 Å². The highest BCUT2D eigenvalue weighted by atomic mass is 19.2. The fourth-order valence-electron chi connectivity index (χ4n) is 4.15. The third kappa shape index (κ3) is 5.60. The molecule has 0 amide bonds. The Morgan fingerprint density at radius 3 is 0.766 bits per heavy atom. The van der Waals surface area contributed by atoms with Crippen LogP contribution in [-0.2, 0) is 5.41 Å². The van der Waals surface area contributed by atoms with E-state index in [4.69, 9.17) is 0 Å². The highest BCUT2D eigenvalue weighted by Gasteiger charge is 2.57. The van der Waals surface area contributed by atoms with Crippen molar-refractivity contribution in [2.75, 3.05) is 0 Å². The van der Waals surface area contributed by atoms with E-state index in [2.05, 4.69) is 0 Å². The van der Waals surface area contributed by atoms with E-state index in [-0.39, 0.29) is 0 Å². The molecule has 0 aliphatic rings. The first-order chi connectivity index (χ1) is 21.8. The van der Waals surface area contributed by atoms with E-state index in [9.17, 15) is 57.1 Å². The summed E-state index contributed by atoms with van der Waals surface area (Å²) < 4.78 is 290. The Hall–Kier alpha value is -4.52. The molecular formula is C27H8F20. The van der Waals surface area contributed by atoms with E-state index < -0.39 is 145 Å². The SMILES string of the molecule is CC.F/C=C(F)/C(F)=C(F)\C(=C\F)C(c1c(F)c(F)c(F)c(F)c1F)(c1c(F)c(F)c(F)c(F)c1F)c1c(F)c(F)c(F)c(F)c1F. The number of allylic oxidation sites excluding steroid dienone is 4. The summed E-state index contributed by atoms with van der Waals surface area (Å²) in [5, 5.41) is 0. The molecule has 0 saturated heterocycles. The minimum absolute atomic E-state index is 1.60. The summed E-state index contributed by atoms with van der Waals surface area (Å²) in [6.07, 6.45) is -3.56. The van der Waals surface area contributed by atoms with E-state index in [0.29, 0.717) is 0 Å². The average Bonchev–Trinajstić information content (AvgIpc) is 3.06. The van der Waals surface area contributed by atoms with Gasteiger partial charge in [0.25, 0.3) is 0 Å². The molecule has 0 N–H and O–H groups in total. The molecule has 47 heavy (non-hydrogen) atoms. The second-order valence-corrected chi connectivity index (χ2v) is 8.19. The maximum atomic E-state index is 15.3. The van der Waals surface area contributed by atoms with Gasteiger partial charge in [-0.1, -0.05) is 13.8 Å². The molecule has 0 bridgehead atoms. The summed E-state index contributed by atoms with van der Waals surface area (Å²) >= 11 is 0. The fraction of sp³-hybridized carbons (Fsp3) is 0.111. The molecule has 0 aliphatic heterocycles. The topological polar surface area (TPSA) is 0 Å². The number of rotatable bonds is 6. The van der Waals surface area contributed by atoms with Crippen molar-refractivity contribution in [2.24, 2.45) is 0 Å². The molecule has 0 radical (unpaired) electrons. The molecule has 3 rings (SSSR count). The molecule has 0 atom stereocenters. The zero-order valence-corrected chi connectivity index (χ0v) is 22.2. The maximum Gasteiger partial charge on any atom is 0.200 e. The Morgan fingerprint density at radius 1 is 0.362 bits per heavy atom. The lowest BCUT2D eigenvalue weighted by molar-refractivity contribution is 0.326. The molecule has 3 aromatic rings. The number of hydrogen-bond donors (Lipinski definition) is 0. The Bertz CT molecular complexity index is 1600. The van der Waals surface area contributed by atoms with Gasteiger partial charge >= 0.3 is 0 Å². The van der Waals surface area contributed by atoms with Crippen LogP contribution in [-0.4, -0.2) is 0 Å². The van der Waals surface area contributed by atoms with Crippen LogP contribution in [0.15, 0.2) is 35.7 Å². The lowest BCUT2D eigenvalue weighted by Crippen LogP contribution is -2.41. The Morgan fingerprint density at radius 2 is 0.574 bits per heavy atom. The van der Waals surface area contributed by atoms with Gasteiger partial charge in [0.2, 0.25) is 17.5 Å². The second-order valence-electron chi connectivity index (χ2n) is 8.19. The van der Waals surface area contributed by atoms with Crippen LogP contribution in [0.25, 0.3) is 0 Å². The minimum Gasteiger partial charge on any atom is -0.215 e. The summed E-state index contributed by atoms with van der Waals surface area (Å²) in [5.41, 5.74) is -20.3. The molecule has 0 aliphatic carbocycles. The normalized spacial score (nSPS) is 13.1. The van der Waals surface area contributed by atoms with Crippen molar-refractivity contribution in [3.8, 4) is 0 Å².